The quantitative estimate of drug-likeness (QED) is 0.00926. The first-order valence-corrected chi connectivity index (χ1v) is 37.8. The number of rotatable bonds is 31. The summed E-state index contributed by atoms with van der Waals surface area (Å²) in [5, 5.41) is 63.9. The van der Waals surface area contributed by atoms with Gasteiger partial charge in [0.05, 0.1) is 62.7 Å². The summed E-state index contributed by atoms with van der Waals surface area (Å²) in [6, 6.07) is 3.66. The maximum Gasteiger partial charge on any atom is 0.338 e. The molecule has 2 fully saturated rings. The van der Waals surface area contributed by atoms with Crippen molar-refractivity contribution >= 4 is 51.8 Å². The van der Waals surface area contributed by atoms with Crippen LogP contribution in [0.4, 0.5) is 0 Å². The number of aliphatic hydroxyl groups excluding tert-OH is 3. The van der Waals surface area contributed by atoms with Gasteiger partial charge in [-0.2, -0.15) is 0 Å². The molecule has 17 atom stereocenters. The summed E-state index contributed by atoms with van der Waals surface area (Å²) in [7, 11) is 7.46. The largest absolute Gasteiger partial charge is 0.458 e. The van der Waals surface area contributed by atoms with Crippen molar-refractivity contribution in [2.75, 3.05) is 48.9 Å². The van der Waals surface area contributed by atoms with Crippen LogP contribution < -0.4 is 10.6 Å². The third kappa shape index (κ3) is 24.8. The number of esters is 2. The number of oxime groups is 1. The summed E-state index contributed by atoms with van der Waals surface area (Å²) >= 11 is 0. The number of carbonyl (C=O) groups excluding carboxylic acids is 4. The van der Waals surface area contributed by atoms with Crippen molar-refractivity contribution in [3.05, 3.63) is 81.9 Å². The van der Waals surface area contributed by atoms with Crippen LogP contribution in [0.3, 0.4) is 0 Å². The van der Waals surface area contributed by atoms with E-state index in [1.54, 1.807) is 41.7 Å². The molecule has 4 aliphatic heterocycles. The van der Waals surface area contributed by atoms with Crippen molar-refractivity contribution in [2.45, 2.75) is 253 Å². The van der Waals surface area contributed by atoms with Crippen molar-refractivity contribution in [3.8, 4) is 11.5 Å². The number of benzene rings is 2. The SMILES string of the molecule is C=C(C)C[C@H](OC)[C@H](O)C(=O)N[C@@H](OC)[C@@H]1C/C(=N\OC)C(C)(C)[C@@H](C[C@H](O)[C@@H](C)[C@H]2Cc3c(C)c(O)cc(O)c3C(=O)O2)O1.CB=O.CB=O.[2H]c1cc([2H])c2c(c1C)C[C@H]([C@H](C)[C@H](C[C@H]1O[C@H]([C@@H](NC(=O)[C@@H](C)[C@H](CC(=C)C)OC)OC)C[C@@H](O)C1(C)C)OCOCC[Si](C)(C)C)OC2=O. The second-order valence-corrected chi connectivity index (χ2v) is 34.5. The van der Waals surface area contributed by atoms with Gasteiger partial charge < -0.3 is 88.4 Å². The summed E-state index contributed by atoms with van der Waals surface area (Å²) < 4.78 is 93.6. The summed E-state index contributed by atoms with van der Waals surface area (Å²) in [6.07, 6.45) is -8.58. The van der Waals surface area contributed by atoms with E-state index in [0.29, 0.717) is 53.8 Å². The van der Waals surface area contributed by atoms with E-state index < -0.39 is 128 Å². The molecular formula is C72H117B2N3O22Si. The topological polar surface area (TPSA) is 342 Å². The third-order valence-electron chi connectivity index (χ3n) is 19.3. The summed E-state index contributed by atoms with van der Waals surface area (Å²) in [6.45, 7) is 38.4. The number of carbonyl (C=O) groups is 4. The second kappa shape index (κ2) is 41.0. The van der Waals surface area contributed by atoms with Crippen molar-refractivity contribution in [1.29, 1.82) is 0 Å². The summed E-state index contributed by atoms with van der Waals surface area (Å²) in [5.41, 5.74) is 3.29. The predicted molar refractivity (Wildman–Crippen MR) is 382 cm³/mol. The Hall–Kier alpha value is -5.62. The zero-order chi connectivity index (χ0) is 77.6. The number of nitrogens with one attached hydrogen (secondary N) is 2. The number of aliphatic hydroxyl groups is 3. The van der Waals surface area contributed by atoms with Crippen LogP contribution in [0, 0.1) is 42.4 Å². The number of methoxy groups -OCH3 is 4. The Morgan fingerprint density at radius 2 is 1.29 bits per heavy atom. The fourth-order valence-corrected chi connectivity index (χ4v) is 13.2. The minimum absolute atomic E-state index is 0.0115. The minimum atomic E-state index is -1.49. The molecule has 2 aromatic carbocycles. The van der Waals surface area contributed by atoms with Crippen LogP contribution in [0.5, 0.6) is 11.5 Å². The number of nitrogens with zero attached hydrogens (tertiary/aromatic N) is 1. The van der Waals surface area contributed by atoms with Gasteiger partial charge in [-0.1, -0.05) is 96.5 Å². The van der Waals surface area contributed by atoms with Crippen LogP contribution in [0.25, 0.3) is 0 Å². The van der Waals surface area contributed by atoms with E-state index in [2.05, 4.69) is 48.6 Å². The second-order valence-electron chi connectivity index (χ2n) is 28.9. The van der Waals surface area contributed by atoms with Gasteiger partial charge in [0.1, 0.15) is 55.4 Å². The van der Waals surface area contributed by atoms with E-state index in [1.807, 2.05) is 41.5 Å². The Kier molecular flexibility index (Phi) is 34.9. The molecule has 25 nitrogen and oxygen atoms in total. The maximum absolute atomic E-state index is 13.4. The van der Waals surface area contributed by atoms with Crippen molar-refractivity contribution in [3.63, 3.8) is 0 Å². The van der Waals surface area contributed by atoms with Crippen LogP contribution in [0.15, 0.2) is 53.7 Å². The average Bonchev–Trinajstić information content (AvgIpc) is 0.780. The number of hydrogen-bond donors (Lipinski definition) is 7. The van der Waals surface area contributed by atoms with Crippen LogP contribution in [0.2, 0.25) is 39.3 Å². The molecule has 0 aliphatic carbocycles. The molecule has 0 bridgehead atoms. The van der Waals surface area contributed by atoms with E-state index in [-0.39, 0.29) is 91.5 Å². The Bertz CT molecular complexity index is 3170. The third-order valence-corrected chi connectivity index (χ3v) is 21.0. The number of ether oxygens (including phenoxy) is 10. The average molecular weight is 1430 g/mol. The van der Waals surface area contributed by atoms with Gasteiger partial charge in [0, 0.05) is 110 Å². The standard InChI is InChI=1S/C38H63NO9Si.C32H48N2O11.2CH3BO/c1-23(2)18-29(43-8)26(5)35(41)39-36(44-9)32-20-33(40)38(6,7)34(47-32)21-30(46-22-45-16-17-49(10,11)12)25(4)31-19-28-24(3)14-13-15-27(28)37(42)48-31;1-15(2)10-23(41-7)28(38)29(39)33-30(42-8)24-14-25(34-43-9)32(5,6)26(44-24)13-20(36)17(4)22-11-18-16(3)19(35)12-21(37)27(18)31(40)45-22;2*1-2-3/h13-15,25-26,29-34,36,40H,1,16-22H2,2-12H3,(H,39,41);12,17,20,22-24,26,28,30,35-38H,1,10-11,13-14H2,2-9H3,(H,33,39);2*1H3/b;34-25+;;/t25-,26+,29+,30+,31-,32+,33-,34-,36+;17-,20+,22-,23+,24+,26-,28+,30+;;/m11../s1/i14D,15D;;;. The molecule has 4 aliphatic rings. The number of phenols is 2. The first-order valence-electron chi connectivity index (χ1n) is 35.1. The van der Waals surface area contributed by atoms with E-state index >= 15 is 0 Å². The molecule has 0 unspecified atom stereocenters. The molecule has 2 aromatic rings. The monoisotopic (exact) mass is 1430 g/mol. The molecule has 0 aromatic heterocycles. The zero-order valence-corrected chi connectivity index (χ0v) is 63.9. The molecule has 6 rings (SSSR count). The van der Waals surface area contributed by atoms with Crippen LogP contribution in [-0.2, 0) is 84.0 Å². The van der Waals surface area contributed by atoms with E-state index in [9.17, 15) is 44.7 Å². The molecule has 7 N–H and O–H groups in total. The minimum Gasteiger partial charge on any atom is -0.458 e. The molecule has 100 heavy (non-hydrogen) atoms. The molecule has 4 heterocycles. The van der Waals surface area contributed by atoms with E-state index in [4.69, 9.17) is 64.4 Å². The van der Waals surface area contributed by atoms with Crippen molar-refractivity contribution < 1.29 is 109 Å². The smallest absolute Gasteiger partial charge is 0.338 e. The first kappa shape index (κ1) is 85.0. The van der Waals surface area contributed by atoms with Crippen LogP contribution in [0.1, 0.15) is 147 Å². The van der Waals surface area contributed by atoms with Gasteiger partial charge in [0.15, 0.2) is 18.6 Å². The number of phenolic OH excluding ortho intramolecular Hbond substituents is 2. The molecule has 0 radical (unpaired) electrons. The van der Waals surface area contributed by atoms with Crippen molar-refractivity contribution in [1.82, 2.24) is 10.6 Å². The Morgan fingerprint density at radius 1 is 0.750 bits per heavy atom. The molecule has 2 saturated heterocycles. The zero-order valence-electron chi connectivity index (χ0n) is 64.9. The first-order chi connectivity index (χ1) is 47.6. The molecular weight excluding hydrogens is 1310 g/mol. The molecule has 2 amide bonds. The Balaban J connectivity index is 0.000000495. The van der Waals surface area contributed by atoms with Crippen LogP contribution in [-0.4, -0.2) is 212 Å². The van der Waals surface area contributed by atoms with Gasteiger partial charge in [0.25, 0.3) is 5.91 Å². The Morgan fingerprint density at radius 3 is 1.85 bits per heavy atom. The fraction of sp³-hybridized carbons (Fsp3) is 0.708. The van der Waals surface area contributed by atoms with E-state index in [1.165, 1.54) is 48.2 Å². The maximum atomic E-state index is 13.4. The molecule has 562 valence electrons. The van der Waals surface area contributed by atoms with Gasteiger partial charge >= 0.3 is 49.3 Å². The molecule has 0 spiro atoms. The number of aromatic hydroxyl groups is 2. The number of cyclic esters (lactones) is 2. The van der Waals surface area contributed by atoms with Crippen molar-refractivity contribution in [2.24, 2.45) is 33.7 Å². The summed E-state index contributed by atoms with van der Waals surface area (Å²) in [4.78, 5) is 57.6. The Labute approximate surface area is 597 Å². The summed E-state index contributed by atoms with van der Waals surface area (Å²) in [5.74, 6) is -4.20. The van der Waals surface area contributed by atoms with Crippen LogP contribution >= 0.6 is 0 Å². The van der Waals surface area contributed by atoms with Gasteiger partial charge in [-0.3, -0.25) is 9.59 Å². The fourth-order valence-electron chi connectivity index (χ4n) is 12.4. The van der Waals surface area contributed by atoms with Gasteiger partial charge in [-0.05, 0) is 74.9 Å². The van der Waals surface area contributed by atoms with Gasteiger partial charge in [-0.25, -0.2) is 9.59 Å². The van der Waals surface area contributed by atoms with Gasteiger partial charge in [-0.15, -0.1) is 13.2 Å². The number of hydrogen-bond acceptors (Lipinski definition) is 23. The molecule has 28 heteroatoms. The number of amides is 2. The predicted octanol–water partition coefficient (Wildman–Crippen LogP) is 8.71. The molecule has 0 saturated carbocycles. The van der Waals surface area contributed by atoms with Gasteiger partial charge in [0.2, 0.25) is 5.91 Å². The van der Waals surface area contributed by atoms with E-state index in [0.717, 1.165) is 37.6 Å². The normalized spacial score (nSPS) is 24.3. The number of fused-ring (bicyclic) bond motifs is 2.